The predicted molar refractivity (Wildman–Crippen MR) is 124 cm³/mol. The highest BCUT2D eigenvalue weighted by atomic mass is 32.2. The Bertz CT molecular complexity index is 1040. The second-order valence-corrected chi connectivity index (χ2v) is 12.7. The molecule has 0 saturated heterocycles. The molecule has 1 unspecified atom stereocenters. The number of carbonyl (C=O) groups is 1. The molecular weight excluding hydrogens is 436 g/mol. The van der Waals surface area contributed by atoms with Gasteiger partial charge in [-0.25, -0.2) is 17.0 Å². The van der Waals surface area contributed by atoms with Crippen molar-refractivity contribution < 1.29 is 22.2 Å². The number of terminal acetylenes is 1. The number of nitrogens with zero attached hydrogens (tertiary/aromatic N) is 2. The van der Waals surface area contributed by atoms with Crippen LogP contribution in [0.25, 0.3) is 0 Å². The molecule has 0 aliphatic rings. The lowest BCUT2D eigenvalue weighted by molar-refractivity contribution is -0.148. The van der Waals surface area contributed by atoms with Crippen LogP contribution in [0.3, 0.4) is 0 Å². The average molecular weight is 469 g/mol. The maximum absolute atomic E-state index is 13.3. The van der Waals surface area contributed by atoms with E-state index in [4.69, 9.17) is 11.2 Å². The number of carbonyl (C=O) groups excluding carboxylic acids is 1. The van der Waals surface area contributed by atoms with Crippen molar-refractivity contribution in [1.82, 2.24) is 4.31 Å². The summed E-state index contributed by atoms with van der Waals surface area (Å²) in [6, 6.07) is 7.49. The van der Waals surface area contributed by atoms with E-state index in [-0.39, 0.29) is 13.2 Å². The Morgan fingerprint density at radius 3 is 2.29 bits per heavy atom. The molecule has 1 rings (SSSR count). The van der Waals surface area contributed by atoms with Gasteiger partial charge in [-0.05, 0) is 39.8 Å². The zero-order chi connectivity index (χ0) is 23.9. The van der Waals surface area contributed by atoms with Crippen LogP contribution in [-0.2, 0) is 29.3 Å². The van der Waals surface area contributed by atoms with Gasteiger partial charge in [-0.3, -0.25) is 4.79 Å². The maximum Gasteiger partial charge on any atom is 0.325 e. The molecular formula is C22H32N2O5S2. The third kappa shape index (κ3) is 6.42. The van der Waals surface area contributed by atoms with Crippen LogP contribution in [-0.4, -0.2) is 53.9 Å². The van der Waals surface area contributed by atoms with E-state index in [9.17, 15) is 17.4 Å². The van der Waals surface area contributed by atoms with E-state index in [2.05, 4.69) is 10.3 Å². The van der Waals surface area contributed by atoms with Crippen LogP contribution in [0.15, 0.2) is 51.1 Å². The SMILES string of the molecule is C#CCN([C@H](C(=O)OCC)[C@H](C)/C=C/S(=O)(=NC)c1ccccc1)S(=O)(=O)C(C)(C)C. The van der Waals surface area contributed by atoms with Crippen molar-refractivity contribution in [3.8, 4) is 12.3 Å². The van der Waals surface area contributed by atoms with Gasteiger partial charge in [0.2, 0.25) is 10.0 Å². The van der Waals surface area contributed by atoms with Gasteiger partial charge in [0.05, 0.1) is 32.5 Å². The fourth-order valence-corrected chi connectivity index (χ4v) is 5.82. The van der Waals surface area contributed by atoms with Crippen LogP contribution in [0.4, 0.5) is 0 Å². The van der Waals surface area contributed by atoms with Crippen molar-refractivity contribution in [2.24, 2.45) is 10.3 Å². The lowest BCUT2D eigenvalue weighted by atomic mass is 10.0. The van der Waals surface area contributed by atoms with Gasteiger partial charge in [-0.1, -0.05) is 37.1 Å². The molecule has 1 aromatic rings. The summed E-state index contributed by atoms with van der Waals surface area (Å²) in [6.45, 7) is 7.67. The number of ether oxygens (including phenoxy) is 1. The molecule has 0 aliphatic heterocycles. The van der Waals surface area contributed by atoms with E-state index in [0.29, 0.717) is 4.90 Å². The Morgan fingerprint density at radius 1 is 1.26 bits per heavy atom. The molecule has 7 nitrogen and oxygen atoms in total. The van der Waals surface area contributed by atoms with Crippen LogP contribution in [0.5, 0.6) is 0 Å². The van der Waals surface area contributed by atoms with Crippen molar-refractivity contribution in [2.75, 3.05) is 20.2 Å². The average Bonchev–Trinajstić information content (AvgIpc) is 2.71. The highest BCUT2D eigenvalue weighted by Crippen LogP contribution is 2.27. The largest absolute Gasteiger partial charge is 0.465 e. The number of hydrogen-bond acceptors (Lipinski definition) is 6. The van der Waals surface area contributed by atoms with E-state index in [1.165, 1.54) is 39.3 Å². The first-order chi connectivity index (χ1) is 14.4. The van der Waals surface area contributed by atoms with E-state index < -0.39 is 42.4 Å². The zero-order valence-electron chi connectivity index (χ0n) is 18.9. The van der Waals surface area contributed by atoms with Crippen molar-refractivity contribution in [1.29, 1.82) is 0 Å². The number of sulfonamides is 1. The van der Waals surface area contributed by atoms with Crippen LogP contribution in [0.2, 0.25) is 0 Å². The van der Waals surface area contributed by atoms with E-state index >= 15 is 0 Å². The summed E-state index contributed by atoms with van der Waals surface area (Å²) in [7, 11) is -5.40. The summed E-state index contributed by atoms with van der Waals surface area (Å²) in [4.78, 5) is 13.3. The van der Waals surface area contributed by atoms with Gasteiger partial charge in [0.25, 0.3) is 0 Å². The minimum absolute atomic E-state index is 0.0796. The Kier molecular flexibility index (Phi) is 9.48. The highest BCUT2D eigenvalue weighted by Gasteiger charge is 2.44. The minimum atomic E-state index is -3.96. The van der Waals surface area contributed by atoms with Gasteiger partial charge in [0.15, 0.2) is 0 Å². The van der Waals surface area contributed by atoms with Crippen LogP contribution in [0, 0.1) is 18.3 Å². The molecule has 0 saturated carbocycles. The first-order valence-corrected chi connectivity index (χ1v) is 12.9. The van der Waals surface area contributed by atoms with E-state index in [0.717, 1.165) is 4.31 Å². The number of esters is 1. The second kappa shape index (κ2) is 10.9. The van der Waals surface area contributed by atoms with E-state index in [1.807, 2.05) is 0 Å². The van der Waals surface area contributed by atoms with Gasteiger partial charge in [-0.15, -0.1) is 6.42 Å². The second-order valence-electron chi connectivity index (χ2n) is 7.82. The standard InChI is InChI=1S/C22H32N2O5S2/c1-8-16-24(31(27,28)22(4,5)6)20(21(25)29-9-2)18(3)15-17-30(26,23-7)19-13-11-10-12-14-19/h1,10-15,17-18,20H,9,16H2,2-7H3/b17-15+/t18-,20+,30?/m1/s1. The zero-order valence-corrected chi connectivity index (χ0v) is 20.6. The van der Waals surface area contributed by atoms with Crippen molar-refractivity contribution in [3.63, 3.8) is 0 Å². The summed E-state index contributed by atoms with van der Waals surface area (Å²) < 4.78 is 48.7. The number of rotatable bonds is 9. The van der Waals surface area contributed by atoms with Gasteiger partial charge >= 0.3 is 5.97 Å². The van der Waals surface area contributed by atoms with E-state index in [1.54, 1.807) is 44.2 Å². The van der Waals surface area contributed by atoms with Crippen LogP contribution < -0.4 is 0 Å². The minimum Gasteiger partial charge on any atom is -0.465 e. The van der Waals surface area contributed by atoms with Crippen LogP contribution >= 0.6 is 0 Å². The Hall–Kier alpha value is -2.15. The molecule has 3 atom stereocenters. The number of benzene rings is 1. The first kappa shape index (κ1) is 26.9. The lowest BCUT2D eigenvalue weighted by Gasteiger charge is -2.35. The quantitative estimate of drug-likeness (QED) is 0.410. The lowest BCUT2D eigenvalue weighted by Crippen LogP contribution is -2.54. The van der Waals surface area contributed by atoms with Gasteiger partial charge in [-0.2, -0.15) is 4.31 Å². The molecule has 0 N–H and O–H groups in total. The molecule has 0 heterocycles. The Balaban J connectivity index is 3.51. The topological polar surface area (TPSA) is 93.1 Å². The summed E-state index contributed by atoms with van der Waals surface area (Å²) in [6.07, 6.45) is 6.97. The van der Waals surface area contributed by atoms with Crippen molar-refractivity contribution in [2.45, 2.75) is 50.3 Å². The van der Waals surface area contributed by atoms with Crippen molar-refractivity contribution in [3.05, 3.63) is 41.8 Å². The smallest absolute Gasteiger partial charge is 0.325 e. The van der Waals surface area contributed by atoms with Gasteiger partial charge in [0.1, 0.15) is 6.04 Å². The summed E-state index contributed by atoms with van der Waals surface area (Å²) in [5, 5.41) is 1.41. The maximum atomic E-state index is 13.3. The first-order valence-electron chi connectivity index (χ1n) is 9.85. The molecule has 0 fully saturated rings. The fourth-order valence-electron chi connectivity index (χ4n) is 2.79. The molecule has 0 radical (unpaired) electrons. The molecule has 0 aliphatic carbocycles. The molecule has 0 bridgehead atoms. The third-order valence-corrected chi connectivity index (χ3v) is 9.12. The highest BCUT2D eigenvalue weighted by molar-refractivity contribution is 7.96. The van der Waals surface area contributed by atoms with Crippen LogP contribution in [0.1, 0.15) is 34.6 Å². The molecule has 9 heteroatoms. The van der Waals surface area contributed by atoms with Gasteiger partial charge in [0, 0.05) is 18.4 Å². The molecule has 172 valence electrons. The summed E-state index contributed by atoms with van der Waals surface area (Å²) >= 11 is 0. The Labute approximate surface area is 187 Å². The molecule has 1 aromatic carbocycles. The molecule has 0 amide bonds. The normalized spacial score (nSPS) is 16.3. The molecule has 31 heavy (non-hydrogen) atoms. The molecule has 0 aromatic heterocycles. The van der Waals surface area contributed by atoms with Gasteiger partial charge < -0.3 is 4.74 Å². The molecule has 0 spiro atoms. The fraction of sp³-hybridized carbons (Fsp3) is 0.500. The Morgan fingerprint density at radius 2 is 1.84 bits per heavy atom. The van der Waals surface area contributed by atoms with Crippen molar-refractivity contribution >= 4 is 25.7 Å². The third-order valence-electron chi connectivity index (χ3n) is 4.58. The summed E-state index contributed by atoms with van der Waals surface area (Å²) in [5.41, 5.74) is 0. The predicted octanol–water partition coefficient (Wildman–Crippen LogP) is 3.29. The number of hydrogen-bond donors (Lipinski definition) is 0. The monoisotopic (exact) mass is 468 g/mol. The summed E-state index contributed by atoms with van der Waals surface area (Å²) in [5.74, 6) is 0.923.